The van der Waals surface area contributed by atoms with Gasteiger partial charge in [0.1, 0.15) is 0 Å². The van der Waals surface area contributed by atoms with Gasteiger partial charge >= 0.3 is 0 Å². The normalized spacial score (nSPS) is 10.0. The molecule has 0 radical (unpaired) electrons. The molecule has 0 unspecified atom stereocenters. The molecule has 0 saturated heterocycles. The van der Waals surface area contributed by atoms with Gasteiger partial charge in [-0.05, 0) is 6.42 Å². The first-order chi connectivity index (χ1) is 6.86. The number of aliphatic hydroxyl groups excluding tert-OH is 1. The van der Waals surface area contributed by atoms with Crippen LogP contribution in [-0.2, 0) is 13.1 Å². The Kier molecular flexibility index (Phi) is 4.69. The molecular weight excluding hydrogens is 180 g/mol. The van der Waals surface area contributed by atoms with Crippen molar-refractivity contribution in [1.29, 1.82) is 0 Å². The lowest BCUT2D eigenvalue weighted by atomic mass is 10.4. The quantitative estimate of drug-likeness (QED) is 0.468. The van der Waals surface area contributed by atoms with E-state index in [1.807, 2.05) is 6.20 Å². The summed E-state index contributed by atoms with van der Waals surface area (Å²) in [6, 6.07) is 0. The molecule has 0 atom stereocenters. The van der Waals surface area contributed by atoms with Gasteiger partial charge in [-0.3, -0.25) is 4.68 Å². The number of aromatic nitrogens is 3. The first-order valence-corrected chi connectivity index (χ1v) is 4.51. The molecule has 1 heterocycles. The molecule has 76 valence electrons. The molecule has 0 aliphatic carbocycles. The third-order valence-electron chi connectivity index (χ3n) is 1.66. The van der Waals surface area contributed by atoms with Crippen LogP contribution in [0.15, 0.2) is 6.20 Å². The Hall–Kier alpha value is -1.38. The summed E-state index contributed by atoms with van der Waals surface area (Å²) in [5, 5.41) is 19.5. The summed E-state index contributed by atoms with van der Waals surface area (Å²) >= 11 is 0. The maximum absolute atomic E-state index is 8.61. The highest BCUT2D eigenvalue weighted by Gasteiger charge is 1.98. The number of aliphatic hydroxyl groups is 1. The summed E-state index contributed by atoms with van der Waals surface area (Å²) in [4.78, 5) is 0. The van der Waals surface area contributed by atoms with E-state index in [0.717, 1.165) is 5.69 Å². The maximum Gasteiger partial charge on any atom is 0.0965 e. The first kappa shape index (κ1) is 10.7. The van der Waals surface area contributed by atoms with E-state index in [-0.39, 0.29) is 6.61 Å². The van der Waals surface area contributed by atoms with Gasteiger partial charge in [0.05, 0.1) is 12.2 Å². The van der Waals surface area contributed by atoms with Crippen molar-refractivity contribution >= 4 is 0 Å². The smallest absolute Gasteiger partial charge is 0.0965 e. The second-order valence-electron chi connectivity index (χ2n) is 2.86. The van der Waals surface area contributed by atoms with Gasteiger partial charge in [-0.2, -0.15) is 0 Å². The van der Waals surface area contributed by atoms with Crippen molar-refractivity contribution in [2.24, 2.45) is 0 Å². The standard InChI is InChI=1S/C9H14N4O/c1-2-4-10-7-9-8-13(12-11-9)5-3-6-14/h1,8,10,14H,3-7H2. The fraction of sp³-hybridized carbons (Fsp3) is 0.556. The van der Waals surface area contributed by atoms with Crippen molar-refractivity contribution in [2.75, 3.05) is 13.2 Å². The number of nitrogens with zero attached hydrogens (tertiary/aromatic N) is 3. The fourth-order valence-electron chi connectivity index (χ4n) is 1.02. The molecule has 5 nitrogen and oxygen atoms in total. The van der Waals surface area contributed by atoms with E-state index in [1.165, 1.54) is 0 Å². The van der Waals surface area contributed by atoms with E-state index in [4.69, 9.17) is 11.5 Å². The summed E-state index contributed by atoms with van der Waals surface area (Å²) in [7, 11) is 0. The van der Waals surface area contributed by atoms with Gasteiger partial charge in [0.2, 0.25) is 0 Å². The van der Waals surface area contributed by atoms with Crippen molar-refractivity contribution < 1.29 is 5.11 Å². The molecule has 14 heavy (non-hydrogen) atoms. The molecular formula is C9H14N4O. The highest BCUT2D eigenvalue weighted by molar-refractivity contribution is 4.94. The molecule has 2 N–H and O–H groups in total. The minimum Gasteiger partial charge on any atom is -0.396 e. The van der Waals surface area contributed by atoms with Crippen molar-refractivity contribution in [1.82, 2.24) is 20.3 Å². The molecule has 0 amide bonds. The van der Waals surface area contributed by atoms with E-state index in [2.05, 4.69) is 21.5 Å². The molecule has 0 aromatic carbocycles. The lowest BCUT2D eigenvalue weighted by Gasteiger charge is -1.96. The SMILES string of the molecule is C#CCNCc1cn(CCCO)nn1. The van der Waals surface area contributed by atoms with Crippen LogP contribution >= 0.6 is 0 Å². The first-order valence-electron chi connectivity index (χ1n) is 4.51. The highest BCUT2D eigenvalue weighted by atomic mass is 16.3. The summed E-state index contributed by atoms with van der Waals surface area (Å²) in [6.07, 6.45) is 7.62. The van der Waals surface area contributed by atoms with Crippen molar-refractivity contribution in [3.8, 4) is 12.3 Å². The van der Waals surface area contributed by atoms with Crippen LogP contribution in [0.4, 0.5) is 0 Å². The Morgan fingerprint density at radius 1 is 1.64 bits per heavy atom. The third kappa shape index (κ3) is 3.56. The van der Waals surface area contributed by atoms with Crippen LogP contribution in [0.2, 0.25) is 0 Å². The molecule has 0 aliphatic rings. The molecule has 0 fully saturated rings. The maximum atomic E-state index is 8.61. The summed E-state index contributed by atoms with van der Waals surface area (Å²) in [6.45, 7) is 2.02. The van der Waals surface area contributed by atoms with Crippen LogP contribution in [0, 0.1) is 12.3 Å². The van der Waals surface area contributed by atoms with E-state index < -0.39 is 0 Å². The number of rotatable bonds is 6. The molecule has 0 spiro atoms. The molecule has 0 aliphatic heterocycles. The average molecular weight is 194 g/mol. The van der Waals surface area contributed by atoms with Crippen LogP contribution in [0.1, 0.15) is 12.1 Å². The lowest BCUT2D eigenvalue weighted by Crippen LogP contribution is -2.13. The van der Waals surface area contributed by atoms with Crippen LogP contribution < -0.4 is 5.32 Å². The number of aryl methyl sites for hydroxylation is 1. The van der Waals surface area contributed by atoms with E-state index in [1.54, 1.807) is 4.68 Å². The van der Waals surface area contributed by atoms with E-state index in [9.17, 15) is 0 Å². The molecule has 0 saturated carbocycles. The van der Waals surface area contributed by atoms with Gasteiger partial charge in [-0.15, -0.1) is 11.5 Å². The zero-order valence-electron chi connectivity index (χ0n) is 7.98. The van der Waals surface area contributed by atoms with Gasteiger partial charge in [-0.1, -0.05) is 11.1 Å². The second kappa shape index (κ2) is 6.13. The Morgan fingerprint density at radius 3 is 3.21 bits per heavy atom. The van der Waals surface area contributed by atoms with Crippen LogP contribution in [0.3, 0.4) is 0 Å². The van der Waals surface area contributed by atoms with Gasteiger partial charge < -0.3 is 10.4 Å². The Morgan fingerprint density at radius 2 is 2.50 bits per heavy atom. The summed E-state index contributed by atoms with van der Waals surface area (Å²) < 4.78 is 1.71. The minimum absolute atomic E-state index is 0.171. The topological polar surface area (TPSA) is 63.0 Å². The molecule has 5 heteroatoms. The number of terminal acetylenes is 1. The third-order valence-corrected chi connectivity index (χ3v) is 1.66. The van der Waals surface area contributed by atoms with E-state index >= 15 is 0 Å². The van der Waals surface area contributed by atoms with E-state index in [0.29, 0.717) is 26.1 Å². The Balaban J connectivity index is 2.32. The van der Waals surface area contributed by atoms with Crippen LogP contribution in [0.25, 0.3) is 0 Å². The minimum atomic E-state index is 0.171. The van der Waals surface area contributed by atoms with Gasteiger partial charge in [0.15, 0.2) is 0 Å². The van der Waals surface area contributed by atoms with Gasteiger partial charge in [-0.25, -0.2) is 0 Å². The lowest BCUT2D eigenvalue weighted by molar-refractivity contribution is 0.276. The van der Waals surface area contributed by atoms with Crippen LogP contribution in [-0.4, -0.2) is 33.3 Å². The van der Waals surface area contributed by atoms with Crippen molar-refractivity contribution in [2.45, 2.75) is 19.5 Å². The highest BCUT2D eigenvalue weighted by Crippen LogP contribution is 1.93. The monoisotopic (exact) mass is 194 g/mol. The predicted molar refractivity (Wildman–Crippen MR) is 52.3 cm³/mol. The summed E-state index contributed by atoms with van der Waals surface area (Å²) in [5.41, 5.74) is 0.859. The zero-order valence-corrected chi connectivity index (χ0v) is 7.98. The van der Waals surface area contributed by atoms with Gasteiger partial charge in [0.25, 0.3) is 0 Å². The largest absolute Gasteiger partial charge is 0.396 e. The summed E-state index contributed by atoms with van der Waals surface area (Å²) in [5.74, 6) is 2.48. The number of hydrogen-bond acceptors (Lipinski definition) is 4. The fourth-order valence-corrected chi connectivity index (χ4v) is 1.02. The molecule has 0 bridgehead atoms. The Bertz CT molecular complexity index is 302. The molecule has 1 aromatic heterocycles. The second-order valence-corrected chi connectivity index (χ2v) is 2.86. The van der Waals surface area contributed by atoms with Crippen molar-refractivity contribution in [3.05, 3.63) is 11.9 Å². The van der Waals surface area contributed by atoms with Crippen LogP contribution in [0.5, 0.6) is 0 Å². The number of hydrogen-bond donors (Lipinski definition) is 2. The van der Waals surface area contributed by atoms with Crippen molar-refractivity contribution in [3.63, 3.8) is 0 Å². The Labute approximate surface area is 83.1 Å². The van der Waals surface area contributed by atoms with Gasteiger partial charge in [0, 0.05) is 25.9 Å². The average Bonchev–Trinajstić information content (AvgIpc) is 2.63. The molecule has 1 aromatic rings. The zero-order chi connectivity index (χ0) is 10.2. The molecule has 1 rings (SSSR count). The predicted octanol–water partition coefficient (Wildman–Crippen LogP) is -0.617. The number of nitrogens with one attached hydrogen (secondary N) is 1.